The number of imide groups is 1. The van der Waals surface area contributed by atoms with Crippen molar-refractivity contribution in [1.82, 2.24) is 4.57 Å². The lowest BCUT2D eigenvalue weighted by atomic mass is 9.83. The molecule has 3 atom stereocenters. The molecule has 238 valence electrons. The van der Waals surface area contributed by atoms with Crippen LogP contribution in [0.3, 0.4) is 0 Å². The number of carbonyl (C=O) groups excluding carboxylic acids is 3. The van der Waals surface area contributed by atoms with Gasteiger partial charge < -0.3 is 5.32 Å². The summed E-state index contributed by atoms with van der Waals surface area (Å²) in [6.07, 6.45) is -9.49. The van der Waals surface area contributed by atoms with Crippen molar-refractivity contribution in [3.63, 3.8) is 0 Å². The molecular weight excluding hydrogens is 724 g/mol. The molecule has 3 unspecified atom stereocenters. The Kier molecular flexibility index (Phi) is 8.17. The Hall–Kier alpha value is -3.89. The summed E-state index contributed by atoms with van der Waals surface area (Å²) in [6.45, 7) is -0.701. The van der Waals surface area contributed by atoms with Gasteiger partial charge in [0.05, 0.1) is 33.4 Å². The van der Waals surface area contributed by atoms with Crippen LogP contribution in [0, 0.1) is 5.92 Å². The molecule has 2 aliphatic rings. The van der Waals surface area contributed by atoms with E-state index in [1.165, 1.54) is 12.1 Å². The fourth-order valence-corrected chi connectivity index (χ4v) is 8.57. The highest BCUT2D eigenvalue weighted by atomic mass is 79.9. The molecule has 46 heavy (non-hydrogen) atoms. The molecule has 2 aliphatic heterocycles. The van der Waals surface area contributed by atoms with Gasteiger partial charge in [0, 0.05) is 15.3 Å². The molecule has 6 rings (SSSR count). The third kappa shape index (κ3) is 5.77. The highest BCUT2D eigenvalue weighted by Crippen LogP contribution is 2.54. The molecule has 1 N–H and O–H groups in total. The van der Waals surface area contributed by atoms with Crippen LogP contribution < -0.4 is 15.1 Å². The van der Waals surface area contributed by atoms with Gasteiger partial charge in [0.1, 0.15) is 11.8 Å². The van der Waals surface area contributed by atoms with Crippen LogP contribution in [-0.4, -0.2) is 27.5 Å². The fraction of sp³-hybridized carbons (Fsp3) is 0.200. The van der Waals surface area contributed by atoms with E-state index in [4.69, 9.17) is 0 Å². The molecule has 7 nitrogen and oxygen atoms in total. The van der Waals surface area contributed by atoms with Crippen molar-refractivity contribution in [2.24, 2.45) is 5.92 Å². The molecule has 1 aromatic heterocycles. The number of benzene rings is 3. The molecule has 0 saturated carbocycles. The number of nitrogens with zero attached hydrogens (tertiary/aromatic N) is 2. The van der Waals surface area contributed by atoms with Crippen LogP contribution in [0.1, 0.15) is 27.5 Å². The lowest BCUT2D eigenvalue weighted by molar-refractivity contribution is -0.138. The second-order valence-corrected chi connectivity index (χ2v) is 13.4. The van der Waals surface area contributed by atoms with Gasteiger partial charge in [-0.2, -0.15) is 26.3 Å². The number of hydrogen-bond donors (Lipinski definition) is 1. The summed E-state index contributed by atoms with van der Waals surface area (Å²) in [4.78, 5) is 54.4. The van der Waals surface area contributed by atoms with Crippen molar-refractivity contribution in [3.8, 4) is 0 Å². The van der Waals surface area contributed by atoms with E-state index in [0.29, 0.717) is 25.9 Å². The number of hydrogen-bond acceptors (Lipinski definition) is 6. The number of amides is 3. The second kappa shape index (κ2) is 11.7. The Bertz CT molecular complexity index is 1940. The summed E-state index contributed by atoms with van der Waals surface area (Å²) in [7, 11) is 0. The summed E-state index contributed by atoms with van der Waals surface area (Å²) in [6, 6.07) is 14.9. The minimum absolute atomic E-state index is 0.162. The van der Waals surface area contributed by atoms with Crippen LogP contribution >= 0.6 is 39.0 Å². The van der Waals surface area contributed by atoms with E-state index in [0.717, 1.165) is 58.0 Å². The Morgan fingerprint density at radius 2 is 1.57 bits per heavy atom. The van der Waals surface area contributed by atoms with Gasteiger partial charge in [0.25, 0.3) is 0 Å². The van der Waals surface area contributed by atoms with Crippen LogP contribution in [0.5, 0.6) is 0 Å². The first-order valence-corrected chi connectivity index (χ1v) is 15.8. The van der Waals surface area contributed by atoms with E-state index in [2.05, 4.69) is 21.2 Å². The SMILES string of the molecule is O=C(Cn1c2c(sc1=O)C(c1ccc(Br)cc1)C1C(=O)N(c3cccc(C(F)(F)F)c3)C(=O)C1S2)Nc1ccccc1C(F)(F)F. The number of nitrogens with one attached hydrogen (secondary N) is 1. The van der Waals surface area contributed by atoms with E-state index in [9.17, 15) is 45.5 Å². The highest BCUT2D eigenvalue weighted by molar-refractivity contribution is 9.10. The fourth-order valence-electron chi connectivity index (χ4n) is 5.53. The molecule has 1 fully saturated rings. The first kappa shape index (κ1) is 32.1. The average molecular weight is 743 g/mol. The molecule has 1 saturated heterocycles. The highest BCUT2D eigenvalue weighted by Gasteiger charge is 2.57. The Labute approximate surface area is 272 Å². The van der Waals surface area contributed by atoms with Crippen LogP contribution in [-0.2, 0) is 33.3 Å². The quantitative estimate of drug-likeness (QED) is 0.174. The van der Waals surface area contributed by atoms with Crippen molar-refractivity contribution in [2.45, 2.75) is 35.1 Å². The molecule has 16 heteroatoms. The monoisotopic (exact) mass is 741 g/mol. The van der Waals surface area contributed by atoms with Crippen molar-refractivity contribution in [3.05, 3.63) is 109 Å². The van der Waals surface area contributed by atoms with Crippen LogP contribution in [0.15, 0.2) is 87.1 Å². The maximum atomic E-state index is 13.9. The van der Waals surface area contributed by atoms with Gasteiger partial charge in [-0.3, -0.25) is 23.7 Å². The number of fused-ring (bicyclic) bond motifs is 2. The summed E-state index contributed by atoms with van der Waals surface area (Å²) in [5.41, 5.74) is -2.38. The number of alkyl halides is 6. The lowest BCUT2D eigenvalue weighted by Crippen LogP contribution is -2.33. The zero-order valence-electron chi connectivity index (χ0n) is 22.9. The summed E-state index contributed by atoms with van der Waals surface area (Å²) in [5.74, 6) is -4.51. The van der Waals surface area contributed by atoms with E-state index in [1.807, 2.05) is 0 Å². The number of para-hydroxylation sites is 1. The van der Waals surface area contributed by atoms with E-state index >= 15 is 0 Å². The number of thiazole rings is 1. The molecule has 0 radical (unpaired) electrons. The minimum atomic E-state index is -4.76. The van der Waals surface area contributed by atoms with E-state index < -0.39 is 75.4 Å². The number of carbonyl (C=O) groups is 3. The van der Waals surface area contributed by atoms with Crippen molar-refractivity contribution in [2.75, 3.05) is 10.2 Å². The topological polar surface area (TPSA) is 88.5 Å². The summed E-state index contributed by atoms with van der Waals surface area (Å²) < 4.78 is 82.7. The van der Waals surface area contributed by atoms with Gasteiger partial charge in [-0.1, -0.05) is 69.4 Å². The first-order valence-electron chi connectivity index (χ1n) is 13.3. The molecule has 3 heterocycles. The standard InChI is InChI=1S/C30H18BrF6N3O4S2/c31-16-10-8-14(9-11-16)21-22-23(26(43)40(25(22)42)17-5-3-4-15(12-17)29(32,33)34)45-27-24(21)46-28(44)39(27)13-20(41)38-19-7-2-1-6-18(19)30(35,36)37/h1-12,21-23H,13H2,(H,38,41). The van der Waals surface area contributed by atoms with Gasteiger partial charge in [-0.25, -0.2) is 4.90 Å². The zero-order valence-corrected chi connectivity index (χ0v) is 26.1. The molecular formula is C30H18BrF6N3O4S2. The van der Waals surface area contributed by atoms with Crippen molar-refractivity contribution >= 4 is 68.1 Å². The second-order valence-electron chi connectivity index (χ2n) is 10.4. The lowest BCUT2D eigenvalue weighted by Gasteiger charge is -2.30. The summed E-state index contributed by atoms with van der Waals surface area (Å²) >= 11 is 4.88. The number of anilines is 2. The Balaban J connectivity index is 1.40. The number of halogens is 7. The van der Waals surface area contributed by atoms with Gasteiger partial charge in [0.2, 0.25) is 17.7 Å². The number of rotatable bonds is 5. The maximum absolute atomic E-state index is 13.9. The predicted octanol–water partition coefficient (Wildman–Crippen LogP) is 7.14. The van der Waals surface area contributed by atoms with Crippen LogP contribution in [0.2, 0.25) is 0 Å². The minimum Gasteiger partial charge on any atom is -0.324 e. The smallest absolute Gasteiger partial charge is 0.324 e. The normalized spacial score (nSPS) is 19.6. The van der Waals surface area contributed by atoms with E-state index in [-0.39, 0.29) is 10.7 Å². The number of thioether (sulfide) groups is 1. The van der Waals surface area contributed by atoms with Gasteiger partial charge in [-0.15, -0.1) is 0 Å². The van der Waals surface area contributed by atoms with E-state index in [1.54, 1.807) is 24.3 Å². The summed E-state index contributed by atoms with van der Waals surface area (Å²) in [5, 5.41) is 1.18. The average Bonchev–Trinajstić information content (AvgIpc) is 3.43. The number of aromatic nitrogens is 1. The van der Waals surface area contributed by atoms with Crippen LogP contribution in [0.4, 0.5) is 37.7 Å². The third-order valence-corrected chi connectivity index (χ3v) is 10.7. The van der Waals surface area contributed by atoms with Gasteiger partial charge in [-0.05, 0) is 48.0 Å². The van der Waals surface area contributed by atoms with Crippen LogP contribution in [0.25, 0.3) is 0 Å². The Morgan fingerprint density at radius 1 is 0.870 bits per heavy atom. The molecule has 0 bridgehead atoms. The van der Waals surface area contributed by atoms with Crippen molar-refractivity contribution < 1.29 is 40.7 Å². The Morgan fingerprint density at radius 3 is 2.24 bits per heavy atom. The molecule has 0 spiro atoms. The molecule has 3 aromatic carbocycles. The zero-order chi connectivity index (χ0) is 33.1. The molecule has 0 aliphatic carbocycles. The van der Waals surface area contributed by atoms with Gasteiger partial charge >= 0.3 is 17.2 Å². The molecule has 4 aromatic rings. The predicted molar refractivity (Wildman–Crippen MR) is 162 cm³/mol. The third-order valence-electron chi connectivity index (χ3n) is 7.52. The molecule has 3 amide bonds. The maximum Gasteiger partial charge on any atom is 0.418 e. The van der Waals surface area contributed by atoms with Gasteiger partial charge in [0.15, 0.2) is 0 Å². The first-order chi connectivity index (χ1) is 21.6. The largest absolute Gasteiger partial charge is 0.418 e. The van der Waals surface area contributed by atoms with Crippen molar-refractivity contribution in [1.29, 1.82) is 0 Å².